The highest BCUT2D eigenvalue weighted by Crippen LogP contribution is 2.20. The molecule has 3 nitrogen and oxygen atoms in total. The maximum Gasteiger partial charge on any atom is 0.140 e. The highest BCUT2D eigenvalue weighted by Gasteiger charge is 2.06. The van der Waals surface area contributed by atoms with Crippen LogP contribution >= 0.6 is 15.9 Å². The molecule has 1 heterocycles. The van der Waals surface area contributed by atoms with Gasteiger partial charge < -0.3 is 10.3 Å². The highest BCUT2D eigenvalue weighted by molar-refractivity contribution is 9.10. The molecule has 0 aliphatic rings. The van der Waals surface area contributed by atoms with Crippen LogP contribution in [0.2, 0.25) is 0 Å². The number of nitrogens with two attached hydrogens (primary N) is 1. The molecule has 0 spiro atoms. The second kappa shape index (κ2) is 5.51. The van der Waals surface area contributed by atoms with Gasteiger partial charge in [0.1, 0.15) is 5.82 Å². The van der Waals surface area contributed by atoms with Crippen LogP contribution in [0.4, 0.5) is 5.69 Å². The van der Waals surface area contributed by atoms with E-state index < -0.39 is 0 Å². The van der Waals surface area contributed by atoms with Gasteiger partial charge in [-0.2, -0.15) is 0 Å². The number of halogens is 1. The fourth-order valence-electron chi connectivity index (χ4n) is 2.16. The molecule has 4 heteroatoms. The van der Waals surface area contributed by atoms with Crippen molar-refractivity contribution >= 4 is 21.6 Å². The highest BCUT2D eigenvalue weighted by atomic mass is 79.9. The summed E-state index contributed by atoms with van der Waals surface area (Å²) in [6.45, 7) is 0.791. The lowest BCUT2D eigenvalue weighted by molar-refractivity contribution is 0.806. The van der Waals surface area contributed by atoms with E-state index in [1.54, 1.807) is 0 Å². The molecule has 0 fully saturated rings. The van der Waals surface area contributed by atoms with E-state index in [0.717, 1.165) is 28.1 Å². The van der Waals surface area contributed by atoms with Gasteiger partial charge in [-0.3, -0.25) is 0 Å². The van der Waals surface area contributed by atoms with Crippen LogP contribution in [0.5, 0.6) is 0 Å². The first-order chi connectivity index (χ1) is 9.72. The lowest BCUT2D eigenvalue weighted by Crippen LogP contribution is -2.01. The predicted octanol–water partition coefficient (Wildman–Crippen LogP) is 3.94. The summed E-state index contributed by atoms with van der Waals surface area (Å²) in [6.07, 6.45) is 3.82. The lowest BCUT2D eigenvalue weighted by Gasteiger charge is -2.08. The molecule has 0 aliphatic heterocycles. The number of hydrogen-bond acceptors (Lipinski definition) is 2. The van der Waals surface area contributed by atoms with Gasteiger partial charge >= 0.3 is 0 Å². The number of rotatable bonds is 3. The summed E-state index contributed by atoms with van der Waals surface area (Å²) >= 11 is 3.50. The van der Waals surface area contributed by atoms with Crippen LogP contribution in [-0.2, 0) is 6.54 Å². The van der Waals surface area contributed by atoms with Gasteiger partial charge in [0.15, 0.2) is 0 Å². The Kier molecular flexibility index (Phi) is 3.56. The maximum atomic E-state index is 5.73. The first-order valence-corrected chi connectivity index (χ1v) is 7.13. The molecule has 1 aromatic heterocycles. The van der Waals surface area contributed by atoms with Crippen molar-refractivity contribution in [3.63, 3.8) is 0 Å². The Balaban J connectivity index is 1.92. The second-order valence-electron chi connectivity index (χ2n) is 4.63. The smallest absolute Gasteiger partial charge is 0.140 e. The number of nitrogen functional groups attached to an aromatic ring is 1. The van der Waals surface area contributed by atoms with Gasteiger partial charge in [0.25, 0.3) is 0 Å². The molecule has 100 valence electrons. The maximum absolute atomic E-state index is 5.73. The van der Waals surface area contributed by atoms with E-state index in [9.17, 15) is 0 Å². The second-order valence-corrected chi connectivity index (χ2v) is 5.55. The summed E-state index contributed by atoms with van der Waals surface area (Å²) in [5.41, 5.74) is 8.79. The molecule has 0 amide bonds. The molecule has 0 aliphatic carbocycles. The van der Waals surface area contributed by atoms with Crippen molar-refractivity contribution in [2.45, 2.75) is 6.54 Å². The number of imidazole rings is 1. The number of anilines is 1. The Labute approximate surface area is 126 Å². The molecule has 2 aromatic carbocycles. The summed E-state index contributed by atoms with van der Waals surface area (Å²) in [7, 11) is 0. The molecule has 0 saturated carbocycles. The molecule has 20 heavy (non-hydrogen) atoms. The van der Waals surface area contributed by atoms with Crippen molar-refractivity contribution in [2.75, 3.05) is 5.73 Å². The molecule has 0 atom stereocenters. The summed E-state index contributed by atoms with van der Waals surface area (Å²) in [5.74, 6) is 0.949. The van der Waals surface area contributed by atoms with Crippen LogP contribution in [0.3, 0.4) is 0 Å². The number of benzene rings is 2. The fraction of sp³-hybridized carbons (Fsp3) is 0.0625. The topological polar surface area (TPSA) is 43.8 Å². The molecule has 0 unspecified atom stereocenters. The third-order valence-corrected chi connectivity index (χ3v) is 3.62. The molecular weight excluding hydrogens is 314 g/mol. The fourth-order valence-corrected chi connectivity index (χ4v) is 2.61. The van der Waals surface area contributed by atoms with Gasteiger partial charge in [-0.1, -0.05) is 28.1 Å². The molecule has 3 rings (SSSR count). The van der Waals surface area contributed by atoms with Crippen molar-refractivity contribution in [3.05, 3.63) is 71.0 Å². The van der Waals surface area contributed by atoms with Crippen LogP contribution in [-0.4, -0.2) is 9.55 Å². The van der Waals surface area contributed by atoms with Crippen molar-refractivity contribution in [1.29, 1.82) is 0 Å². The van der Waals surface area contributed by atoms with Gasteiger partial charge in [0, 0.05) is 34.7 Å². The van der Waals surface area contributed by atoms with Gasteiger partial charge in [-0.15, -0.1) is 0 Å². The number of nitrogens with zero attached hydrogens (tertiary/aromatic N) is 2. The summed E-state index contributed by atoms with van der Waals surface area (Å²) in [5, 5.41) is 0. The van der Waals surface area contributed by atoms with E-state index in [2.05, 4.69) is 37.6 Å². The zero-order valence-electron chi connectivity index (χ0n) is 10.8. The van der Waals surface area contributed by atoms with E-state index in [4.69, 9.17) is 5.73 Å². The Morgan fingerprint density at radius 1 is 1.10 bits per heavy atom. The first kappa shape index (κ1) is 12.9. The van der Waals surface area contributed by atoms with Gasteiger partial charge in [0.05, 0.1) is 0 Å². The minimum absolute atomic E-state index is 0.763. The van der Waals surface area contributed by atoms with E-state index in [-0.39, 0.29) is 0 Å². The SMILES string of the molecule is Nc1ccc(-c2nccn2Cc2cccc(Br)c2)cc1. The average molecular weight is 328 g/mol. The third kappa shape index (κ3) is 2.75. The average Bonchev–Trinajstić information content (AvgIpc) is 2.88. The van der Waals surface area contributed by atoms with Crippen molar-refractivity contribution in [2.24, 2.45) is 0 Å². The Morgan fingerprint density at radius 3 is 2.65 bits per heavy atom. The predicted molar refractivity (Wildman–Crippen MR) is 85.3 cm³/mol. The summed E-state index contributed by atoms with van der Waals surface area (Å²) in [4.78, 5) is 4.45. The van der Waals surface area contributed by atoms with Crippen LogP contribution in [0.25, 0.3) is 11.4 Å². The Hall–Kier alpha value is -2.07. The monoisotopic (exact) mass is 327 g/mol. The number of hydrogen-bond donors (Lipinski definition) is 1. The van der Waals surface area contributed by atoms with Crippen LogP contribution in [0.15, 0.2) is 65.4 Å². The molecule has 0 radical (unpaired) electrons. The Morgan fingerprint density at radius 2 is 1.90 bits per heavy atom. The third-order valence-electron chi connectivity index (χ3n) is 3.13. The van der Waals surface area contributed by atoms with Crippen LogP contribution < -0.4 is 5.73 Å². The van der Waals surface area contributed by atoms with E-state index in [0.29, 0.717) is 0 Å². The molecular formula is C16H14BrN3. The quantitative estimate of drug-likeness (QED) is 0.740. The zero-order valence-corrected chi connectivity index (χ0v) is 12.4. The Bertz CT molecular complexity index is 717. The summed E-state index contributed by atoms with van der Waals surface area (Å²) < 4.78 is 3.22. The van der Waals surface area contributed by atoms with E-state index in [1.807, 2.05) is 48.8 Å². The minimum Gasteiger partial charge on any atom is -0.399 e. The lowest BCUT2D eigenvalue weighted by atomic mass is 10.2. The molecule has 2 N–H and O–H groups in total. The summed E-state index contributed by atoms with van der Waals surface area (Å²) in [6, 6.07) is 16.1. The normalized spacial score (nSPS) is 10.7. The number of aromatic nitrogens is 2. The molecule has 0 bridgehead atoms. The van der Waals surface area contributed by atoms with Crippen molar-refractivity contribution in [3.8, 4) is 11.4 Å². The van der Waals surface area contributed by atoms with Crippen molar-refractivity contribution < 1.29 is 0 Å². The van der Waals surface area contributed by atoms with E-state index in [1.165, 1.54) is 5.56 Å². The van der Waals surface area contributed by atoms with Crippen molar-refractivity contribution in [1.82, 2.24) is 9.55 Å². The standard InChI is InChI=1S/C16H14BrN3/c17-14-3-1-2-12(10-14)11-20-9-8-19-16(20)13-4-6-15(18)7-5-13/h1-10H,11,18H2. The van der Waals surface area contributed by atoms with Crippen LogP contribution in [0.1, 0.15) is 5.56 Å². The van der Waals surface area contributed by atoms with Gasteiger partial charge in [0.2, 0.25) is 0 Å². The first-order valence-electron chi connectivity index (χ1n) is 6.34. The minimum atomic E-state index is 0.763. The zero-order chi connectivity index (χ0) is 13.9. The van der Waals surface area contributed by atoms with E-state index >= 15 is 0 Å². The molecule has 3 aromatic rings. The van der Waals surface area contributed by atoms with Gasteiger partial charge in [-0.25, -0.2) is 4.98 Å². The van der Waals surface area contributed by atoms with Crippen LogP contribution in [0, 0.1) is 0 Å². The molecule has 0 saturated heterocycles. The largest absolute Gasteiger partial charge is 0.399 e. The van der Waals surface area contributed by atoms with Gasteiger partial charge in [-0.05, 0) is 42.0 Å².